The number of esters is 1. The summed E-state index contributed by atoms with van der Waals surface area (Å²) >= 11 is 0. The van der Waals surface area contributed by atoms with E-state index in [4.69, 9.17) is 4.74 Å². The molecule has 1 aliphatic rings. The number of hydrogen-bond acceptors (Lipinski definition) is 5. The van der Waals surface area contributed by atoms with Crippen molar-refractivity contribution in [1.29, 1.82) is 0 Å². The van der Waals surface area contributed by atoms with Crippen LogP contribution in [-0.2, 0) is 25.7 Å². The molecule has 0 unspecified atom stereocenters. The Labute approximate surface area is 153 Å². The zero-order valence-corrected chi connectivity index (χ0v) is 15.3. The van der Waals surface area contributed by atoms with Crippen LogP contribution in [0.2, 0.25) is 0 Å². The Hall–Kier alpha value is -2.57. The van der Waals surface area contributed by atoms with Gasteiger partial charge in [0.05, 0.1) is 20.1 Å². The molecular weight excluding hydrogens is 336 g/mol. The number of likely N-dealkylation sites (tertiary alicyclic amines) is 1. The Bertz CT molecular complexity index is 647. The highest BCUT2D eigenvalue weighted by Gasteiger charge is 2.30. The van der Waals surface area contributed by atoms with Crippen LogP contribution in [0.3, 0.4) is 0 Å². The van der Waals surface area contributed by atoms with Crippen LogP contribution in [-0.4, -0.2) is 50.0 Å². The maximum absolute atomic E-state index is 12.4. The van der Waals surface area contributed by atoms with Gasteiger partial charge in [-0.25, -0.2) is 0 Å². The molecule has 26 heavy (non-hydrogen) atoms. The van der Waals surface area contributed by atoms with Crippen LogP contribution in [0.25, 0.3) is 0 Å². The zero-order chi connectivity index (χ0) is 18.9. The number of amides is 2. The number of nitrogens with zero attached hydrogens (tertiary/aromatic N) is 1. The minimum absolute atomic E-state index is 0.0469. The molecule has 1 atom stereocenters. The molecule has 2 rings (SSSR count). The lowest BCUT2D eigenvalue weighted by molar-refractivity contribution is -0.141. The van der Waals surface area contributed by atoms with E-state index in [0.717, 1.165) is 11.3 Å². The number of carbonyl (C=O) groups excluding carboxylic acids is 3. The van der Waals surface area contributed by atoms with Gasteiger partial charge in [-0.1, -0.05) is 18.2 Å². The molecule has 1 aromatic rings. The minimum atomic E-state index is -0.287. The Morgan fingerprint density at radius 2 is 2.04 bits per heavy atom. The molecule has 7 nitrogen and oxygen atoms in total. The van der Waals surface area contributed by atoms with Crippen molar-refractivity contribution in [3.63, 3.8) is 0 Å². The first-order chi connectivity index (χ1) is 12.5. The second-order valence-corrected chi connectivity index (χ2v) is 6.29. The van der Waals surface area contributed by atoms with E-state index in [9.17, 15) is 14.4 Å². The Morgan fingerprint density at radius 1 is 1.27 bits per heavy atom. The number of para-hydroxylation sites is 1. The summed E-state index contributed by atoms with van der Waals surface area (Å²) in [4.78, 5) is 37.4. The molecular formula is C19H26N2O5. The van der Waals surface area contributed by atoms with E-state index >= 15 is 0 Å². The van der Waals surface area contributed by atoms with Crippen molar-refractivity contribution in [3.05, 3.63) is 29.8 Å². The van der Waals surface area contributed by atoms with Gasteiger partial charge < -0.3 is 19.7 Å². The van der Waals surface area contributed by atoms with Crippen LogP contribution in [0.15, 0.2) is 24.3 Å². The normalized spacial score (nSPS) is 16.9. The van der Waals surface area contributed by atoms with Gasteiger partial charge in [-0.15, -0.1) is 0 Å². The van der Waals surface area contributed by atoms with Crippen LogP contribution < -0.4 is 10.1 Å². The SMILES string of the molecule is COC(=O)CCCNC(=O)[C@@H]1CCC(=O)N(Cc2ccccc2OC)C1. The fourth-order valence-corrected chi connectivity index (χ4v) is 3.01. The minimum Gasteiger partial charge on any atom is -0.496 e. The lowest BCUT2D eigenvalue weighted by Gasteiger charge is -2.32. The molecule has 2 amide bonds. The van der Waals surface area contributed by atoms with Gasteiger partial charge in [-0.2, -0.15) is 0 Å². The molecule has 1 aromatic carbocycles. The Kier molecular flexibility index (Phi) is 7.44. The van der Waals surface area contributed by atoms with E-state index < -0.39 is 0 Å². The molecule has 0 spiro atoms. The van der Waals surface area contributed by atoms with Gasteiger partial charge >= 0.3 is 5.97 Å². The number of benzene rings is 1. The average Bonchev–Trinajstić information content (AvgIpc) is 2.66. The quantitative estimate of drug-likeness (QED) is 0.560. The molecule has 1 heterocycles. The van der Waals surface area contributed by atoms with Gasteiger partial charge in [-0.05, 0) is 18.9 Å². The summed E-state index contributed by atoms with van der Waals surface area (Å²) < 4.78 is 9.90. The van der Waals surface area contributed by atoms with Crippen molar-refractivity contribution in [2.75, 3.05) is 27.3 Å². The van der Waals surface area contributed by atoms with Gasteiger partial charge in [0.1, 0.15) is 5.75 Å². The summed E-state index contributed by atoms with van der Waals surface area (Å²) in [5, 5.41) is 2.84. The molecule has 0 radical (unpaired) electrons. The number of ether oxygens (including phenoxy) is 2. The van der Waals surface area contributed by atoms with Crippen molar-refractivity contribution < 1.29 is 23.9 Å². The fraction of sp³-hybridized carbons (Fsp3) is 0.526. The summed E-state index contributed by atoms with van der Waals surface area (Å²) in [7, 11) is 2.94. The summed E-state index contributed by atoms with van der Waals surface area (Å²) in [5.41, 5.74) is 0.919. The standard InChI is InChI=1S/C19H26N2O5/c1-25-16-7-4-3-6-14(16)12-21-13-15(9-10-17(21)22)19(24)20-11-5-8-18(23)26-2/h3-4,6-7,15H,5,8-13H2,1-2H3,(H,20,24)/t15-/m1/s1. The second-order valence-electron chi connectivity index (χ2n) is 6.29. The highest BCUT2D eigenvalue weighted by atomic mass is 16.5. The van der Waals surface area contributed by atoms with E-state index in [0.29, 0.717) is 38.9 Å². The highest BCUT2D eigenvalue weighted by molar-refractivity contribution is 5.83. The van der Waals surface area contributed by atoms with Gasteiger partial charge in [0.25, 0.3) is 0 Å². The predicted octanol–water partition coefficient (Wildman–Crippen LogP) is 1.50. The zero-order valence-electron chi connectivity index (χ0n) is 15.3. The lowest BCUT2D eigenvalue weighted by atomic mass is 9.96. The van der Waals surface area contributed by atoms with E-state index in [2.05, 4.69) is 10.1 Å². The van der Waals surface area contributed by atoms with Crippen molar-refractivity contribution in [2.45, 2.75) is 32.2 Å². The fourth-order valence-electron chi connectivity index (χ4n) is 3.01. The molecule has 7 heteroatoms. The molecule has 0 bridgehead atoms. The predicted molar refractivity (Wildman–Crippen MR) is 95.4 cm³/mol. The maximum atomic E-state index is 12.4. The summed E-state index contributed by atoms with van der Waals surface area (Å²) in [6.45, 7) is 1.24. The molecule has 0 aromatic heterocycles. The van der Waals surface area contributed by atoms with Gasteiger partial charge in [0, 0.05) is 38.0 Å². The van der Waals surface area contributed by atoms with E-state index in [1.54, 1.807) is 12.0 Å². The van der Waals surface area contributed by atoms with Gasteiger partial charge in [-0.3, -0.25) is 14.4 Å². The van der Waals surface area contributed by atoms with E-state index in [1.807, 2.05) is 24.3 Å². The lowest BCUT2D eigenvalue weighted by Crippen LogP contribution is -2.45. The van der Waals surface area contributed by atoms with Gasteiger partial charge in [0.2, 0.25) is 11.8 Å². The van der Waals surface area contributed by atoms with Crippen LogP contribution in [0, 0.1) is 5.92 Å². The third-order valence-corrected chi connectivity index (χ3v) is 4.51. The number of hydrogen-bond donors (Lipinski definition) is 1. The summed E-state index contributed by atoms with van der Waals surface area (Å²) in [6.07, 6.45) is 1.72. The smallest absolute Gasteiger partial charge is 0.305 e. The molecule has 0 saturated carbocycles. The van der Waals surface area contributed by atoms with Crippen LogP contribution in [0.4, 0.5) is 0 Å². The second kappa shape index (κ2) is 9.79. The first kappa shape index (κ1) is 19.8. The Morgan fingerprint density at radius 3 is 2.77 bits per heavy atom. The first-order valence-electron chi connectivity index (χ1n) is 8.79. The van der Waals surface area contributed by atoms with Crippen LogP contribution >= 0.6 is 0 Å². The van der Waals surface area contributed by atoms with Crippen LogP contribution in [0.5, 0.6) is 5.75 Å². The third kappa shape index (κ3) is 5.47. The average molecular weight is 362 g/mol. The topological polar surface area (TPSA) is 84.9 Å². The molecule has 0 aliphatic carbocycles. The van der Waals surface area contributed by atoms with Crippen molar-refractivity contribution in [3.8, 4) is 5.75 Å². The molecule has 1 fully saturated rings. The van der Waals surface area contributed by atoms with Crippen molar-refractivity contribution in [1.82, 2.24) is 10.2 Å². The molecule has 142 valence electrons. The third-order valence-electron chi connectivity index (χ3n) is 4.51. The summed E-state index contributed by atoms with van der Waals surface area (Å²) in [6, 6.07) is 7.56. The van der Waals surface area contributed by atoms with Crippen molar-refractivity contribution in [2.24, 2.45) is 5.92 Å². The Balaban J connectivity index is 1.87. The number of carbonyl (C=O) groups is 3. The monoisotopic (exact) mass is 362 g/mol. The number of piperidine rings is 1. The maximum Gasteiger partial charge on any atom is 0.305 e. The van der Waals surface area contributed by atoms with Crippen LogP contribution in [0.1, 0.15) is 31.2 Å². The summed E-state index contributed by atoms with van der Waals surface area (Å²) in [5.74, 6) is 0.179. The van der Waals surface area contributed by atoms with E-state index in [-0.39, 0.29) is 30.1 Å². The molecule has 1 N–H and O–H groups in total. The number of rotatable bonds is 8. The molecule has 1 aliphatic heterocycles. The number of methoxy groups -OCH3 is 2. The highest BCUT2D eigenvalue weighted by Crippen LogP contribution is 2.24. The van der Waals surface area contributed by atoms with Gasteiger partial charge in [0.15, 0.2) is 0 Å². The molecule has 1 saturated heterocycles. The van der Waals surface area contributed by atoms with E-state index in [1.165, 1.54) is 7.11 Å². The number of nitrogens with one attached hydrogen (secondary N) is 1. The largest absolute Gasteiger partial charge is 0.496 e. The first-order valence-corrected chi connectivity index (χ1v) is 8.79. The van der Waals surface area contributed by atoms with Crippen molar-refractivity contribution >= 4 is 17.8 Å².